The second-order valence-corrected chi connectivity index (χ2v) is 5.39. The van der Waals surface area contributed by atoms with Gasteiger partial charge in [-0.15, -0.1) is 0 Å². The first kappa shape index (κ1) is 14.5. The van der Waals surface area contributed by atoms with Gasteiger partial charge >= 0.3 is 0 Å². The van der Waals surface area contributed by atoms with E-state index in [1.165, 1.54) is 33.4 Å². The first-order valence-corrected chi connectivity index (χ1v) is 6.48. The van der Waals surface area contributed by atoms with Gasteiger partial charge < -0.3 is 0 Å². The third kappa shape index (κ3) is 4.37. The Morgan fingerprint density at radius 1 is 0.833 bits per heavy atom. The van der Waals surface area contributed by atoms with Gasteiger partial charge in [0.05, 0.1) is 0 Å². The van der Waals surface area contributed by atoms with E-state index in [0.717, 1.165) is 0 Å². The van der Waals surface area contributed by atoms with Crippen molar-refractivity contribution in [3.63, 3.8) is 0 Å². The Kier molecular flexibility index (Phi) is 5.15. The Morgan fingerprint density at radius 2 is 1.50 bits per heavy atom. The zero-order valence-electron chi connectivity index (χ0n) is 12.5. The quantitative estimate of drug-likeness (QED) is 0.601. The highest BCUT2D eigenvalue weighted by atomic mass is 14.1. The second-order valence-electron chi connectivity index (χ2n) is 5.39. The van der Waals surface area contributed by atoms with Crippen molar-refractivity contribution in [3.05, 3.63) is 64.3 Å². The van der Waals surface area contributed by atoms with Crippen LogP contribution in [0, 0.1) is 13.8 Å². The van der Waals surface area contributed by atoms with Crippen molar-refractivity contribution in [1.29, 1.82) is 0 Å². The van der Waals surface area contributed by atoms with E-state index in [9.17, 15) is 0 Å². The number of hydrogen-bond donors (Lipinski definition) is 0. The van der Waals surface area contributed by atoms with Crippen LogP contribution in [0.15, 0.2) is 47.6 Å². The summed E-state index contributed by atoms with van der Waals surface area (Å²) < 4.78 is 0. The lowest BCUT2D eigenvalue weighted by atomic mass is 9.98. The molecule has 1 rings (SSSR count). The van der Waals surface area contributed by atoms with Gasteiger partial charge in [-0.25, -0.2) is 0 Å². The molecule has 0 atom stereocenters. The van der Waals surface area contributed by atoms with E-state index in [4.69, 9.17) is 0 Å². The lowest BCUT2D eigenvalue weighted by Crippen LogP contribution is -1.87. The van der Waals surface area contributed by atoms with Gasteiger partial charge in [0, 0.05) is 0 Å². The van der Waals surface area contributed by atoms with Crippen LogP contribution in [0.1, 0.15) is 44.4 Å². The number of allylic oxidation sites excluding steroid dienone is 6. The first-order valence-electron chi connectivity index (χ1n) is 6.48. The summed E-state index contributed by atoms with van der Waals surface area (Å²) in [6.07, 6.45) is 6.61. The fraction of sp³-hybridized carbons (Fsp3) is 0.333. The fourth-order valence-electron chi connectivity index (χ4n) is 1.72. The number of hydrogen-bond acceptors (Lipinski definition) is 0. The molecule has 0 amide bonds. The zero-order chi connectivity index (χ0) is 13.7. The number of rotatable bonds is 3. The van der Waals surface area contributed by atoms with Crippen molar-refractivity contribution in [1.82, 2.24) is 0 Å². The second kappa shape index (κ2) is 6.39. The van der Waals surface area contributed by atoms with Crippen LogP contribution in [0.5, 0.6) is 0 Å². The molecule has 0 heteroatoms. The molecule has 0 nitrogen and oxygen atoms in total. The van der Waals surface area contributed by atoms with Gasteiger partial charge in [-0.05, 0) is 63.8 Å². The molecule has 0 aliphatic carbocycles. The Morgan fingerprint density at radius 3 is 2.00 bits per heavy atom. The highest BCUT2D eigenvalue weighted by Crippen LogP contribution is 2.21. The molecular weight excluding hydrogens is 216 g/mol. The van der Waals surface area contributed by atoms with E-state index in [0.29, 0.717) is 0 Å². The van der Waals surface area contributed by atoms with Crippen molar-refractivity contribution in [3.8, 4) is 0 Å². The van der Waals surface area contributed by atoms with E-state index in [-0.39, 0.29) is 0 Å². The highest BCUT2D eigenvalue weighted by Gasteiger charge is 2.00. The molecule has 0 heterocycles. The SMILES string of the molecule is CC(C)=C/C=C(\C=C(C)C)c1ccc(C)c(C)c1. The molecule has 18 heavy (non-hydrogen) atoms. The number of benzene rings is 1. The molecule has 96 valence electrons. The predicted molar refractivity (Wildman–Crippen MR) is 82.8 cm³/mol. The van der Waals surface area contributed by atoms with Crippen LogP contribution in [-0.4, -0.2) is 0 Å². The van der Waals surface area contributed by atoms with Crippen LogP contribution in [0.3, 0.4) is 0 Å². The minimum absolute atomic E-state index is 1.28. The van der Waals surface area contributed by atoms with Gasteiger partial charge in [-0.2, -0.15) is 0 Å². The van der Waals surface area contributed by atoms with Crippen LogP contribution in [0.4, 0.5) is 0 Å². The van der Waals surface area contributed by atoms with Crippen LogP contribution >= 0.6 is 0 Å². The van der Waals surface area contributed by atoms with E-state index >= 15 is 0 Å². The Hall–Kier alpha value is -1.56. The first-order chi connectivity index (χ1) is 8.40. The Bertz CT molecular complexity index is 503. The molecule has 1 aromatic carbocycles. The molecule has 0 aliphatic rings. The third-order valence-electron chi connectivity index (χ3n) is 2.88. The van der Waals surface area contributed by atoms with Crippen LogP contribution < -0.4 is 0 Å². The Labute approximate surface area is 112 Å². The maximum Gasteiger partial charge on any atom is -0.0181 e. The van der Waals surface area contributed by atoms with Gasteiger partial charge in [0.25, 0.3) is 0 Å². The van der Waals surface area contributed by atoms with E-state index in [2.05, 4.69) is 78.0 Å². The average Bonchev–Trinajstić information content (AvgIpc) is 2.27. The molecule has 0 saturated carbocycles. The maximum atomic E-state index is 2.26. The third-order valence-corrected chi connectivity index (χ3v) is 2.88. The average molecular weight is 240 g/mol. The summed E-state index contributed by atoms with van der Waals surface area (Å²) >= 11 is 0. The van der Waals surface area contributed by atoms with Crippen molar-refractivity contribution in [2.24, 2.45) is 0 Å². The number of aryl methyl sites for hydroxylation is 2. The molecular formula is C18H24. The molecule has 0 fully saturated rings. The summed E-state index contributed by atoms with van der Waals surface area (Å²) in [4.78, 5) is 0. The molecule has 0 bridgehead atoms. The molecule has 0 radical (unpaired) electrons. The minimum atomic E-state index is 1.28. The van der Waals surface area contributed by atoms with E-state index in [1.807, 2.05) is 0 Å². The summed E-state index contributed by atoms with van der Waals surface area (Å²) in [6.45, 7) is 12.8. The molecule has 0 aromatic heterocycles. The van der Waals surface area contributed by atoms with Gasteiger partial charge in [-0.1, -0.05) is 47.6 Å². The van der Waals surface area contributed by atoms with Crippen LogP contribution in [-0.2, 0) is 0 Å². The van der Waals surface area contributed by atoms with E-state index < -0.39 is 0 Å². The summed E-state index contributed by atoms with van der Waals surface area (Å²) in [5, 5.41) is 0. The van der Waals surface area contributed by atoms with Gasteiger partial charge in [0.2, 0.25) is 0 Å². The van der Waals surface area contributed by atoms with E-state index in [1.54, 1.807) is 0 Å². The largest absolute Gasteiger partial charge is 0.0764 e. The lowest BCUT2D eigenvalue weighted by molar-refractivity contribution is 1.32. The predicted octanol–water partition coefficient (Wildman–Crippen LogP) is 5.62. The summed E-state index contributed by atoms with van der Waals surface area (Å²) in [5.41, 5.74) is 7.89. The minimum Gasteiger partial charge on any atom is -0.0764 e. The molecule has 0 N–H and O–H groups in total. The zero-order valence-corrected chi connectivity index (χ0v) is 12.5. The standard InChI is InChI=1S/C18H24/c1-13(2)7-9-17(11-14(3)4)18-10-8-15(5)16(6)12-18/h7-12H,1-6H3/b17-9+. The smallest absolute Gasteiger partial charge is 0.0181 e. The van der Waals surface area contributed by atoms with Crippen LogP contribution in [0.25, 0.3) is 5.57 Å². The molecule has 0 unspecified atom stereocenters. The lowest BCUT2D eigenvalue weighted by Gasteiger charge is -2.07. The van der Waals surface area contributed by atoms with Gasteiger partial charge in [-0.3, -0.25) is 0 Å². The summed E-state index contributed by atoms with van der Waals surface area (Å²) in [7, 11) is 0. The molecule has 0 saturated heterocycles. The summed E-state index contributed by atoms with van der Waals surface area (Å²) in [6, 6.07) is 6.66. The highest BCUT2D eigenvalue weighted by molar-refractivity contribution is 5.76. The fourth-order valence-corrected chi connectivity index (χ4v) is 1.72. The van der Waals surface area contributed by atoms with Crippen molar-refractivity contribution in [2.75, 3.05) is 0 Å². The molecule has 0 spiro atoms. The van der Waals surface area contributed by atoms with Crippen molar-refractivity contribution >= 4 is 5.57 Å². The van der Waals surface area contributed by atoms with Crippen LogP contribution in [0.2, 0.25) is 0 Å². The monoisotopic (exact) mass is 240 g/mol. The maximum absolute atomic E-state index is 2.26. The Balaban J connectivity index is 3.26. The molecule has 1 aromatic rings. The normalized spacial score (nSPS) is 11.1. The summed E-state index contributed by atoms with van der Waals surface area (Å²) in [5.74, 6) is 0. The topological polar surface area (TPSA) is 0 Å². The van der Waals surface area contributed by atoms with Gasteiger partial charge in [0.1, 0.15) is 0 Å². The van der Waals surface area contributed by atoms with Crippen molar-refractivity contribution < 1.29 is 0 Å². The molecule has 0 aliphatic heterocycles. The van der Waals surface area contributed by atoms with Crippen molar-refractivity contribution in [2.45, 2.75) is 41.5 Å². The van der Waals surface area contributed by atoms with Gasteiger partial charge in [0.15, 0.2) is 0 Å².